The molecule has 19 heavy (non-hydrogen) atoms. The zero-order chi connectivity index (χ0) is 13.1. The van der Waals surface area contributed by atoms with Crippen LogP contribution < -0.4 is 0 Å². The average molecular weight is 270 g/mol. The van der Waals surface area contributed by atoms with Crippen LogP contribution in [-0.2, 0) is 6.54 Å². The van der Waals surface area contributed by atoms with Gasteiger partial charge < -0.3 is 9.67 Å². The first kappa shape index (κ1) is 12.1. The molecule has 3 nitrogen and oxygen atoms in total. The van der Waals surface area contributed by atoms with E-state index in [0.717, 1.165) is 12.1 Å². The number of hydrogen-bond donors (Lipinski definition) is 1. The lowest BCUT2D eigenvalue weighted by molar-refractivity contribution is 0.205. The molecule has 0 fully saturated rings. The van der Waals surface area contributed by atoms with Gasteiger partial charge in [-0.3, -0.25) is 0 Å². The Labute approximate surface area is 115 Å². The molecule has 0 radical (unpaired) electrons. The number of nitrogens with zero attached hydrogens (tertiary/aromatic N) is 2. The molecule has 1 atom stereocenters. The van der Waals surface area contributed by atoms with Gasteiger partial charge in [0.1, 0.15) is 11.9 Å². The zero-order valence-electron chi connectivity index (χ0n) is 10.3. The summed E-state index contributed by atoms with van der Waals surface area (Å²) in [6.45, 7) is 0.747. The summed E-state index contributed by atoms with van der Waals surface area (Å²) >= 11 is 1.71. The molecule has 96 valence electrons. The second-order valence-electron chi connectivity index (χ2n) is 4.31. The van der Waals surface area contributed by atoms with Crippen LogP contribution in [0.15, 0.2) is 60.2 Å². The first-order valence-corrected chi connectivity index (χ1v) is 6.99. The summed E-state index contributed by atoms with van der Waals surface area (Å²) in [5.41, 5.74) is 0.862. The van der Waals surface area contributed by atoms with E-state index in [0.29, 0.717) is 5.82 Å². The molecule has 3 rings (SSSR count). The Kier molecular flexibility index (Phi) is 3.44. The molecule has 2 aromatic heterocycles. The predicted octanol–water partition coefficient (Wildman–Crippen LogP) is 3.07. The van der Waals surface area contributed by atoms with Crippen LogP contribution in [0.5, 0.6) is 0 Å². The van der Waals surface area contributed by atoms with Crippen molar-refractivity contribution in [1.82, 2.24) is 9.55 Å². The van der Waals surface area contributed by atoms with Crippen LogP contribution in [0.1, 0.15) is 22.4 Å². The van der Waals surface area contributed by atoms with E-state index >= 15 is 0 Å². The lowest BCUT2D eigenvalue weighted by Crippen LogP contribution is -2.10. The standard InChI is InChI=1S/C15H14N2OS/c18-14(12-5-2-1-3-6-12)15-16-8-9-17(15)11-13-7-4-10-19-13/h1-10,14,18H,11H2. The molecular formula is C15H14N2OS. The number of imidazole rings is 1. The molecule has 4 heteroatoms. The molecule has 0 saturated heterocycles. The van der Waals surface area contributed by atoms with E-state index in [4.69, 9.17) is 0 Å². The molecule has 1 N–H and O–H groups in total. The second kappa shape index (κ2) is 5.38. The topological polar surface area (TPSA) is 38.1 Å². The van der Waals surface area contributed by atoms with Crippen LogP contribution in [0.4, 0.5) is 0 Å². The third-order valence-corrected chi connectivity index (χ3v) is 3.87. The molecule has 0 spiro atoms. The SMILES string of the molecule is OC(c1ccccc1)c1nccn1Cc1cccs1. The van der Waals surface area contributed by atoms with Crippen LogP contribution in [0.25, 0.3) is 0 Å². The van der Waals surface area contributed by atoms with E-state index in [1.807, 2.05) is 47.2 Å². The van der Waals surface area contributed by atoms with Crippen molar-refractivity contribution in [3.8, 4) is 0 Å². The summed E-state index contributed by atoms with van der Waals surface area (Å²) in [6.07, 6.45) is 2.95. The number of aliphatic hydroxyl groups is 1. The summed E-state index contributed by atoms with van der Waals surface area (Å²) in [4.78, 5) is 5.54. The van der Waals surface area contributed by atoms with Crippen molar-refractivity contribution >= 4 is 11.3 Å². The van der Waals surface area contributed by atoms with Crippen molar-refractivity contribution in [3.05, 3.63) is 76.5 Å². The van der Waals surface area contributed by atoms with Gasteiger partial charge >= 0.3 is 0 Å². The lowest BCUT2D eigenvalue weighted by Gasteiger charge is -2.13. The highest BCUT2D eigenvalue weighted by Crippen LogP contribution is 2.21. The van der Waals surface area contributed by atoms with Gasteiger partial charge in [-0.05, 0) is 17.0 Å². The minimum Gasteiger partial charge on any atom is -0.380 e. The number of aromatic nitrogens is 2. The highest BCUT2D eigenvalue weighted by atomic mass is 32.1. The van der Waals surface area contributed by atoms with E-state index in [2.05, 4.69) is 16.4 Å². The summed E-state index contributed by atoms with van der Waals surface area (Å²) < 4.78 is 1.99. The number of hydrogen-bond acceptors (Lipinski definition) is 3. The maximum atomic E-state index is 10.4. The summed E-state index contributed by atoms with van der Waals surface area (Å²) in [5, 5.41) is 12.5. The highest BCUT2D eigenvalue weighted by molar-refractivity contribution is 7.09. The number of rotatable bonds is 4. The summed E-state index contributed by atoms with van der Waals surface area (Å²) in [5.74, 6) is 0.680. The van der Waals surface area contributed by atoms with Crippen molar-refractivity contribution in [2.45, 2.75) is 12.6 Å². The molecule has 1 unspecified atom stereocenters. The minimum absolute atomic E-state index is 0.680. The number of aliphatic hydroxyl groups excluding tert-OH is 1. The Bertz CT molecular complexity index is 631. The molecule has 0 aliphatic rings. The number of benzene rings is 1. The first-order valence-electron chi connectivity index (χ1n) is 6.11. The molecule has 1 aromatic carbocycles. The predicted molar refractivity (Wildman–Crippen MR) is 76.2 cm³/mol. The smallest absolute Gasteiger partial charge is 0.142 e. The van der Waals surface area contributed by atoms with Gasteiger partial charge in [0.05, 0.1) is 6.54 Å². The zero-order valence-corrected chi connectivity index (χ0v) is 11.1. The van der Waals surface area contributed by atoms with Gasteiger partial charge in [-0.25, -0.2) is 4.98 Å². The molecule has 0 aliphatic carbocycles. The van der Waals surface area contributed by atoms with Gasteiger partial charge in [-0.1, -0.05) is 36.4 Å². The van der Waals surface area contributed by atoms with Crippen LogP contribution >= 0.6 is 11.3 Å². The first-order chi connectivity index (χ1) is 9.34. The minimum atomic E-state index is -0.684. The maximum Gasteiger partial charge on any atom is 0.142 e. The van der Waals surface area contributed by atoms with Crippen molar-refractivity contribution < 1.29 is 5.11 Å². The van der Waals surface area contributed by atoms with Gasteiger partial charge in [-0.15, -0.1) is 11.3 Å². The lowest BCUT2D eigenvalue weighted by atomic mass is 10.1. The quantitative estimate of drug-likeness (QED) is 0.791. The Hall–Kier alpha value is -1.91. The van der Waals surface area contributed by atoms with Gasteiger partial charge in [0.2, 0.25) is 0 Å². The Morgan fingerprint density at radius 3 is 2.74 bits per heavy atom. The van der Waals surface area contributed by atoms with E-state index in [1.165, 1.54) is 4.88 Å². The Balaban J connectivity index is 1.88. The molecule has 2 heterocycles. The summed E-state index contributed by atoms with van der Waals surface area (Å²) in [7, 11) is 0. The van der Waals surface area contributed by atoms with Crippen LogP contribution in [0.3, 0.4) is 0 Å². The van der Waals surface area contributed by atoms with Gasteiger partial charge in [-0.2, -0.15) is 0 Å². The van der Waals surface area contributed by atoms with Gasteiger partial charge in [0, 0.05) is 17.3 Å². The normalized spacial score (nSPS) is 12.5. The van der Waals surface area contributed by atoms with Crippen LogP contribution in [-0.4, -0.2) is 14.7 Å². The molecule has 0 amide bonds. The third kappa shape index (κ3) is 2.59. The monoisotopic (exact) mass is 270 g/mol. The molecule has 3 aromatic rings. The van der Waals surface area contributed by atoms with Crippen LogP contribution in [0.2, 0.25) is 0 Å². The average Bonchev–Trinajstić information content (AvgIpc) is 3.11. The largest absolute Gasteiger partial charge is 0.380 e. The van der Waals surface area contributed by atoms with E-state index in [9.17, 15) is 5.11 Å². The Morgan fingerprint density at radius 1 is 1.16 bits per heavy atom. The van der Waals surface area contributed by atoms with Gasteiger partial charge in [0.25, 0.3) is 0 Å². The maximum absolute atomic E-state index is 10.4. The van der Waals surface area contributed by atoms with Crippen molar-refractivity contribution in [2.75, 3.05) is 0 Å². The Morgan fingerprint density at radius 2 is 2.00 bits per heavy atom. The number of thiophene rings is 1. The van der Waals surface area contributed by atoms with E-state index in [-0.39, 0.29) is 0 Å². The fraction of sp³-hybridized carbons (Fsp3) is 0.133. The van der Waals surface area contributed by atoms with E-state index < -0.39 is 6.10 Å². The van der Waals surface area contributed by atoms with Crippen molar-refractivity contribution in [2.24, 2.45) is 0 Å². The van der Waals surface area contributed by atoms with Gasteiger partial charge in [0.15, 0.2) is 0 Å². The molecular weight excluding hydrogens is 256 g/mol. The molecule has 0 bridgehead atoms. The fourth-order valence-electron chi connectivity index (χ4n) is 2.06. The highest BCUT2D eigenvalue weighted by Gasteiger charge is 2.15. The molecule has 0 aliphatic heterocycles. The van der Waals surface area contributed by atoms with E-state index in [1.54, 1.807) is 17.5 Å². The van der Waals surface area contributed by atoms with Crippen molar-refractivity contribution in [1.29, 1.82) is 0 Å². The van der Waals surface area contributed by atoms with Crippen molar-refractivity contribution in [3.63, 3.8) is 0 Å². The second-order valence-corrected chi connectivity index (χ2v) is 5.34. The fourth-order valence-corrected chi connectivity index (χ4v) is 2.76. The third-order valence-electron chi connectivity index (χ3n) is 3.01. The molecule has 0 saturated carbocycles. The summed E-state index contributed by atoms with van der Waals surface area (Å²) in [6, 6.07) is 13.7. The van der Waals surface area contributed by atoms with Crippen LogP contribution in [0, 0.1) is 0 Å².